The van der Waals surface area contributed by atoms with Gasteiger partial charge in [0.05, 0.1) is 6.61 Å². The van der Waals surface area contributed by atoms with Gasteiger partial charge in [-0.25, -0.2) is 13.2 Å². The molecular formula is C15H15F3O3. The van der Waals surface area contributed by atoms with Gasteiger partial charge in [-0.2, -0.15) is 0 Å². The van der Waals surface area contributed by atoms with Crippen LogP contribution in [0.15, 0.2) is 18.2 Å². The minimum atomic E-state index is -3.24. The Balaban J connectivity index is 2.36. The van der Waals surface area contributed by atoms with Gasteiger partial charge >= 0.3 is 5.97 Å². The Labute approximate surface area is 120 Å². The summed E-state index contributed by atoms with van der Waals surface area (Å²) in [6, 6.07) is 3.59. The molecule has 21 heavy (non-hydrogen) atoms. The van der Waals surface area contributed by atoms with Gasteiger partial charge in [-0.3, -0.25) is 9.59 Å². The first kappa shape index (κ1) is 15.5. The zero-order valence-electron chi connectivity index (χ0n) is 11.5. The minimum Gasteiger partial charge on any atom is -0.465 e. The highest BCUT2D eigenvalue weighted by Crippen LogP contribution is 2.43. The van der Waals surface area contributed by atoms with Crippen molar-refractivity contribution >= 4 is 11.8 Å². The predicted molar refractivity (Wildman–Crippen MR) is 68.7 cm³/mol. The Morgan fingerprint density at radius 2 is 2.14 bits per heavy atom. The average Bonchev–Trinajstić information content (AvgIpc) is 2.75. The number of Topliss-reactive ketones (excluding diaryl/α,β-unsaturated/α-hetero) is 1. The van der Waals surface area contributed by atoms with E-state index in [2.05, 4.69) is 0 Å². The Bertz CT molecular complexity index is 571. The number of hydrogen-bond donors (Lipinski definition) is 0. The van der Waals surface area contributed by atoms with Gasteiger partial charge in [0, 0.05) is 17.5 Å². The number of carbonyl (C=O) groups excluding carboxylic acids is 2. The maximum Gasteiger partial charge on any atom is 0.326 e. The van der Waals surface area contributed by atoms with E-state index in [0.29, 0.717) is 6.42 Å². The summed E-state index contributed by atoms with van der Waals surface area (Å²) in [5.41, 5.74) is -2.92. The highest BCUT2D eigenvalue weighted by Gasteiger charge is 2.60. The molecule has 0 aliphatic heterocycles. The van der Waals surface area contributed by atoms with Crippen molar-refractivity contribution in [3.63, 3.8) is 0 Å². The van der Waals surface area contributed by atoms with Crippen molar-refractivity contribution < 1.29 is 27.5 Å². The van der Waals surface area contributed by atoms with Gasteiger partial charge in [-0.1, -0.05) is 25.5 Å². The molecule has 0 bridgehead atoms. The Hall–Kier alpha value is -1.85. The third kappa shape index (κ3) is 2.43. The van der Waals surface area contributed by atoms with Crippen molar-refractivity contribution in [2.45, 2.75) is 32.6 Å². The number of unbranched alkanes of at least 4 members (excludes halogenated alkanes) is 1. The van der Waals surface area contributed by atoms with Crippen LogP contribution in [0, 0.1) is 11.2 Å². The molecule has 0 N–H and O–H groups in total. The lowest BCUT2D eigenvalue weighted by Crippen LogP contribution is -2.45. The lowest BCUT2D eigenvalue weighted by molar-refractivity contribution is -0.160. The SMILES string of the molecule is CCCCOC(=O)C1(C(F)F)Cc2c(F)cccc2C1=O. The van der Waals surface area contributed by atoms with E-state index in [4.69, 9.17) is 4.74 Å². The number of hydrogen-bond acceptors (Lipinski definition) is 3. The highest BCUT2D eigenvalue weighted by molar-refractivity contribution is 6.16. The van der Waals surface area contributed by atoms with E-state index in [-0.39, 0.29) is 17.7 Å². The van der Waals surface area contributed by atoms with Gasteiger partial charge in [-0.15, -0.1) is 0 Å². The van der Waals surface area contributed by atoms with E-state index in [0.717, 1.165) is 12.5 Å². The third-order valence-corrected chi connectivity index (χ3v) is 3.69. The number of esters is 1. The zero-order valence-corrected chi connectivity index (χ0v) is 11.5. The predicted octanol–water partition coefficient (Wildman–Crippen LogP) is 3.16. The molecule has 2 rings (SSSR count). The van der Waals surface area contributed by atoms with Crippen molar-refractivity contribution in [1.82, 2.24) is 0 Å². The molecule has 0 saturated heterocycles. The second kappa shape index (κ2) is 5.87. The molecule has 0 aromatic heterocycles. The second-order valence-electron chi connectivity index (χ2n) is 5.03. The van der Waals surface area contributed by atoms with E-state index < -0.39 is 35.8 Å². The van der Waals surface area contributed by atoms with E-state index in [1.165, 1.54) is 12.1 Å². The Morgan fingerprint density at radius 3 is 2.71 bits per heavy atom. The van der Waals surface area contributed by atoms with E-state index in [9.17, 15) is 22.8 Å². The van der Waals surface area contributed by atoms with Crippen molar-refractivity contribution in [1.29, 1.82) is 0 Å². The molecule has 1 atom stereocenters. The molecule has 0 radical (unpaired) electrons. The average molecular weight is 300 g/mol. The summed E-state index contributed by atoms with van der Waals surface area (Å²) in [5, 5.41) is 0. The van der Waals surface area contributed by atoms with Crippen molar-refractivity contribution in [2.75, 3.05) is 6.61 Å². The van der Waals surface area contributed by atoms with E-state index in [1.807, 2.05) is 6.92 Å². The number of benzene rings is 1. The first-order valence-corrected chi connectivity index (χ1v) is 6.72. The lowest BCUT2D eigenvalue weighted by atomic mass is 9.84. The Kier molecular flexibility index (Phi) is 4.34. The molecule has 3 nitrogen and oxygen atoms in total. The van der Waals surface area contributed by atoms with E-state index >= 15 is 0 Å². The third-order valence-electron chi connectivity index (χ3n) is 3.69. The molecule has 0 saturated carbocycles. The van der Waals surface area contributed by atoms with Crippen LogP contribution in [-0.2, 0) is 16.0 Å². The fraction of sp³-hybridized carbons (Fsp3) is 0.467. The highest BCUT2D eigenvalue weighted by atomic mass is 19.3. The zero-order chi connectivity index (χ0) is 15.6. The molecule has 0 spiro atoms. The monoisotopic (exact) mass is 300 g/mol. The second-order valence-corrected chi connectivity index (χ2v) is 5.03. The molecule has 1 aliphatic rings. The number of alkyl halides is 2. The number of carbonyl (C=O) groups is 2. The lowest BCUT2D eigenvalue weighted by Gasteiger charge is -2.24. The van der Waals surface area contributed by atoms with Gasteiger partial charge in [0.15, 0.2) is 11.2 Å². The first-order valence-electron chi connectivity index (χ1n) is 6.72. The van der Waals surface area contributed by atoms with Crippen LogP contribution in [0.25, 0.3) is 0 Å². The van der Waals surface area contributed by atoms with Crippen LogP contribution in [0.3, 0.4) is 0 Å². The van der Waals surface area contributed by atoms with Crippen LogP contribution in [0.1, 0.15) is 35.7 Å². The molecule has 1 aromatic rings. The number of fused-ring (bicyclic) bond motifs is 1. The number of ether oxygens (including phenoxy) is 1. The molecule has 1 aromatic carbocycles. The van der Waals surface area contributed by atoms with Gasteiger partial charge in [0.25, 0.3) is 6.43 Å². The van der Waals surface area contributed by atoms with Crippen LogP contribution < -0.4 is 0 Å². The van der Waals surface area contributed by atoms with Crippen LogP contribution in [0.4, 0.5) is 13.2 Å². The van der Waals surface area contributed by atoms with Gasteiger partial charge in [-0.05, 0) is 12.5 Å². The number of ketones is 1. The Morgan fingerprint density at radius 1 is 1.43 bits per heavy atom. The molecule has 0 heterocycles. The summed E-state index contributed by atoms with van der Waals surface area (Å²) in [6.45, 7) is 1.82. The van der Waals surface area contributed by atoms with Gasteiger partial charge in [0.2, 0.25) is 0 Å². The van der Waals surface area contributed by atoms with Gasteiger partial charge in [0.1, 0.15) is 5.82 Å². The summed E-state index contributed by atoms with van der Waals surface area (Å²) >= 11 is 0. The van der Waals surface area contributed by atoms with Crippen molar-refractivity contribution in [2.24, 2.45) is 5.41 Å². The molecule has 114 valence electrons. The topological polar surface area (TPSA) is 43.4 Å². The normalized spacial score (nSPS) is 20.7. The molecule has 0 fully saturated rings. The van der Waals surface area contributed by atoms with Gasteiger partial charge < -0.3 is 4.74 Å². The molecule has 1 aliphatic carbocycles. The molecule has 1 unspecified atom stereocenters. The maximum absolute atomic E-state index is 13.7. The number of rotatable bonds is 5. The molecule has 0 amide bonds. The first-order chi connectivity index (χ1) is 9.95. The molecule has 6 heteroatoms. The van der Waals surface area contributed by atoms with Crippen LogP contribution >= 0.6 is 0 Å². The quantitative estimate of drug-likeness (QED) is 0.476. The van der Waals surface area contributed by atoms with E-state index in [1.54, 1.807) is 0 Å². The summed E-state index contributed by atoms with van der Waals surface area (Å²) in [5.74, 6) is -3.09. The maximum atomic E-state index is 13.7. The van der Waals surface area contributed by atoms with Crippen molar-refractivity contribution in [3.8, 4) is 0 Å². The minimum absolute atomic E-state index is 0.0318. The largest absolute Gasteiger partial charge is 0.465 e. The smallest absolute Gasteiger partial charge is 0.326 e. The fourth-order valence-corrected chi connectivity index (χ4v) is 2.42. The fourth-order valence-electron chi connectivity index (χ4n) is 2.42. The van der Waals surface area contributed by atoms with Crippen LogP contribution in [0.5, 0.6) is 0 Å². The number of halogens is 3. The standard InChI is InChI=1S/C15H15F3O3/c1-2-3-7-21-14(20)15(13(17)18)8-10-9(12(15)19)5-4-6-11(10)16/h4-6,13H,2-3,7-8H2,1H3. The van der Waals surface area contributed by atoms with Crippen LogP contribution in [0.2, 0.25) is 0 Å². The van der Waals surface area contributed by atoms with Crippen molar-refractivity contribution in [3.05, 3.63) is 35.1 Å². The summed E-state index contributed by atoms with van der Waals surface area (Å²) < 4.78 is 45.4. The van der Waals surface area contributed by atoms with Crippen LogP contribution in [-0.4, -0.2) is 24.8 Å². The summed E-state index contributed by atoms with van der Waals surface area (Å²) in [6.07, 6.45) is -2.67. The molecular weight excluding hydrogens is 285 g/mol. The summed E-state index contributed by atoms with van der Waals surface area (Å²) in [4.78, 5) is 24.3. The summed E-state index contributed by atoms with van der Waals surface area (Å²) in [7, 11) is 0.